The van der Waals surface area contributed by atoms with Crippen molar-refractivity contribution in [3.05, 3.63) is 48.3 Å². The van der Waals surface area contributed by atoms with Crippen LogP contribution in [0.5, 0.6) is 0 Å². The molecule has 0 spiro atoms. The molecule has 0 aromatic carbocycles. The van der Waals surface area contributed by atoms with Gasteiger partial charge in [0.15, 0.2) is 0 Å². The van der Waals surface area contributed by atoms with Gasteiger partial charge in [-0.15, -0.1) is 0 Å². The second-order valence-electron chi connectivity index (χ2n) is 2.83. The van der Waals surface area contributed by atoms with Crippen molar-refractivity contribution in [2.75, 3.05) is 0 Å². The van der Waals surface area contributed by atoms with Gasteiger partial charge in [0.25, 0.3) is 0 Å². The first-order valence-corrected chi connectivity index (χ1v) is 4.56. The van der Waals surface area contributed by atoms with E-state index < -0.39 is 0 Å². The fraction of sp³-hybridized carbons (Fsp3) is 0.182. The van der Waals surface area contributed by atoms with Crippen LogP contribution in [0, 0.1) is 18.3 Å². The highest BCUT2D eigenvalue weighted by molar-refractivity contribution is 5.07. The third-order valence-electron chi connectivity index (χ3n) is 1.62. The molecular weight excluding hydrogens is 188 g/mol. The molecule has 0 aliphatic heterocycles. The Hall–Kier alpha value is -2.15. The topological polar surface area (TPSA) is 65.4 Å². The third-order valence-corrected chi connectivity index (χ3v) is 1.62. The second kappa shape index (κ2) is 6.33. The molecule has 0 atom stereocenters. The van der Waals surface area contributed by atoms with Crippen LogP contribution in [0.1, 0.15) is 11.5 Å². The van der Waals surface area contributed by atoms with E-state index in [1.807, 2.05) is 31.2 Å². The molecule has 0 saturated heterocycles. The lowest BCUT2D eigenvalue weighted by molar-refractivity contribution is 1.12. The number of pyridine rings is 1. The van der Waals surface area contributed by atoms with E-state index in [0.717, 1.165) is 11.5 Å². The van der Waals surface area contributed by atoms with Gasteiger partial charge in [-0.25, -0.2) is 4.98 Å². The van der Waals surface area contributed by atoms with E-state index in [9.17, 15) is 0 Å². The molecule has 0 aliphatic carbocycles. The van der Waals surface area contributed by atoms with E-state index in [1.165, 1.54) is 0 Å². The summed E-state index contributed by atoms with van der Waals surface area (Å²) in [4.78, 5) is 10.7. The zero-order chi connectivity index (χ0) is 10.9. The quantitative estimate of drug-likeness (QED) is 0.764. The number of rotatable bonds is 1. The summed E-state index contributed by atoms with van der Waals surface area (Å²) in [7, 11) is 0. The third kappa shape index (κ3) is 4.58. The average molecular weight is 200 g/mol. The smallest absolute Gasteiger partial charge is 0.102 e. The number of aryl methyl sites for hydroxylation is 1. The predicted molar refractivity (Wildman–Crippen MR) is 56.9 cm³/mol. The molecule has 0 radical (unpaired) electrons. The van der Waals surface area contributed by atoms with Crippen LogP contribution in [0.2, 0.25) is 0 Å². The Bertz CT molecular complexity index is 400. The number of aromatic nitrogens is 3. The van der Waals surface area contributed by atoms with E-state index in [0.29, 0.717) is 6.42 Å². The van der Waals surface area contributed by atoms with Crippen molar-refractivity contribution >= 4 is 0 Å². The number of H-pyrrole nitrogens is 1. The van der Waals surface area contributed by atoms with Gasteiger partial charge in [0.1, 0.15) is 5.82 Å². The zero-order valence-electron chi connectivity index (χ0n) is 8.51. The summed E-state index contributed by atoms with van der Waals surface area (Å²) in [6.45, 7) is 1.92. The first-order chi connectivity index (χ1) is 7.33. The van der Waals surface area contributed by atoms with Crippen molar-refractivity contribution in [1.82, 2.24) is 15.0 Å². The average Bonchev–Trinajstić information content (AvgIpc) is 2.72. The summed E-state index contributed by atoms with van der Waals surface area (Å²) in [6.07, 6.45) is 5.62. The van der Waals surface area contributed by atoms with Gasteiger partial charge in [0.2, 0.25) is 0 Å². The van der Waals surface area contributed by atoms with Crippen LogP contribution in [0.15, 0.2) is 36.8 Å². The molecule has 0 bridgehead atoms. The molecule has 2 heterocycles. The number of hydrogen-bond donors (Lipinski definition) is 1. The summed E-state index contributed by atoms with van der Waals surface area (Å²) in [5.74, 6) is 0.968. The molecule has 2 rings (SSSR count). The Morgan fingerprint density at radius 3 is 2.60 bits per heavy atom. The maximum Gasteiger partial charge on any atom is 0.102 e. The normalized spacial score (nSPS) is 8.53. The van der Waals surface area contributed by atoms with Gasteiger partial charge in [0, 0.05) is 18.6 Å². The largest absolute Gasteiger partial charge is 0.349 e. The molecule has 0 saturated carbocycles. The monoisotopic (exact) mass is 200 g/mol. The molecule has 0 fully saturated rings. The Morgan fingerprint density at radius 2 is 2.20 bits per heavy atom. The van der Waals surface area contributed by atoms with Crippen molar-refractivity contribution in [1.29, 1.82) is 5.26 Å². The van der Waals surface area contributed by atoms with Crippen molar-refractivity contribution in [3.63, 3.8) is 0 Å². The molecule has 4 heteroatoms. The van der Waals surface area contributed by atoms with E-state index in [2.05, 4.69) is 15.0 Å². The first kappa shape index (κ1) is 10.9. The SMILES string of the molecule is Cc1ncc[nH]1.N#CCc1ccccn1. The van der Waals surface area contributed by atoms with Gasteiger partial charge in [-0.05, 0) is 19.1 Å². The number of nitriles is 1. The van der Waals surface area contributed by atoms with Crippen molar-refractivity contribution in [2.24, 2.45) is 0 Å². The highest BCUT2D eigenvalue weighted by Crippen LogP contribution is 1.91. The van der Waals surface area contributed by atoms with Gasteiger partial charge in [-0.3, -0.25) is 4.98 Å². The fourth-order valence-electron chi connectivity index (χ4n) is 0.928. The Labute approximate surface area is 88.6 Å². The van der Waals surface area contributed by atoms with Crippen LogP contribution in [-0.4, -0.2) is 15.0 Å². The summed E-state index contributed by atoms with van der Waals surface area (Å²) >= 11 is 0. The standard InChI is InChI=1S/C7H6N2.C4H6N2/c8-5-4-7-3-1-2-6-9-7;1-4-5-2-3-6-4/h1-3,6H,4H2;2-3H,1H3,(H,5,6). The van der Waals surface area contributed by atoms with Crippen LogP contribution in [0.3, 0.4) is 0 Å². The minimum Gasteiger partial charge on any atom is -0.349 e. The Morgan fingerprint density at radius 1 is 1.33 bits per heavy atom. The van der Waals surface area contributed by atoms with Gasteiger partial charge < -0.3 is 4.98 Å². The maximum absolute atomic E-state index is 8.23. The van der Waals surface area contributed by atoms with Crippen LogP contribution < -0.4 is 0 Å². The van der Waals surface area contributed by atoms with E-state index in [1.54, 1.807) is 18.6 Å². The lowest BCUT2D eigenvalue weighted by Gasteiger charge is -1.87. The molecule has 0 amide bonds. The number of aromatic amines is 1. The molecule has 2 aromatic heterocycles. The van der Waals surface area contributed by atoms with Gasteiger partial charge in [-0.2, -0.15) is 5.26 Å². The van der Waals surface area contributed by atoms with Crippen LogP contribution in [-0.2, 0) is 6.42 Å². The molecule has 2 aromatic rings. The van der Waals surface area contributed by atoms with Crippen molar-refractivity contribution in [2.45, 2.75) is 13.3 Å². The Kier molecular flexibility index (Phi) is 4.61. The molecule has 1 N–H and O–H groups in total. The maximum atomic E-state index is 8.23. The van der Waals surface area contributed by atoms with Crippen molar-refractivity contribution in [3.8, 4) is 6.07 Å². The van der Waals surface area contributed by atoms with Gasteiger partial charge in [-0.1, -0.05) is 6.07 Å². The van der Waals surface area contributed by atoms with E-state index in [-0.39, 0.29) is 0 Å². The van der Waals surface area contributed by atoms with E-state index >= 15 is 0 Å². The molecule has 0 unspecified atom stereocenters. The van der Waals surface area contributed by atoms with Gasteiger partial charge >= 0.3 is 0 Å². The minimum atomic E-state index is 0.404. The molecule has 76 valence electrons. The number of imidazole rings is 1. The number of nitrogens with one attached hydrogen (secondary N) is 1. The summed E-state index contributed by atoms with van der Waals surface area (Å²) in [5.41, 5.74) is 0.833. The predicted octanol–water partition coefficient (Wildman–Crippen LogP) is 1.87. The molecule has 4 nitrogen and oxygen atoms in total. The van der Waals surface area contributed by atoms with Gasteiger partial charge in [0.05, 0.1) is 18.2 Å². The van der Waals surface area contributed by atoms with Crippen LogP contribution in [0.4, 0.5) is 0 Å². The van der Waals surface area contributed by atoms with Crippen molar-refractivity contribution < 1.29 is 0 Å². The minimum absolute atomic E-state index is 0.404. The lowest BCUT2D eigenvalue weighted by Crippen LogP contribution is -1.83. The number of hydrogen-bond acceptors (Lipinski definition) is 3. The second-order valence-corrected chi connectivity index (χ2v) is 2.83. The highest BCUT2D eigenvalue weighted by Gasteiger charge is 1.86. The summed E-state index contributed by atoms with van der Waals surface area (Å²) < 4.78 is 0. The lowest BCUT2D eigenvalue weighted by atomic mass is 10.3. The highest BCUT2D eigenvalue weighted by atomic mass is 14.9. The van der Waals surface area contributed by atoms with Crippen LogP contribution >= 0.6 is 0 Å². The molecular formula is C11H12N4. The Balaban J connectivity index is 0.000000162. The fourth-order valence-corrected chi connectivity index (χ4v) is 0.928. The number of nitrogens with zero attached hydrogens (tertiary/aromatic N) is 3. The van der Waals surface area contributed by atoms with E-state index in [4.69, 9.17) is 5.26 Å². The first-order valence-electron chi connectivity index (χ1n) is 4.56. The molecule has 0 aliphatic rings. The zero-order valence-corrected chi connectivity index (χ0v) is 8.51. The molecule has 15 heavy (non-hydrogen) atoms. The summed E-state index contributed by atoms with van der Waals surface area (Å²) in [5, 5.41) is 8.23. The summed E-state index contributed by atoms with van der Waals surface area (Å²) in [6, 6.07) is 7.57. The van der Waals surface area contributed by atoms with Crippen LogP contribution in [0.25, 0.3) is 0 Å².